The first kappa shape index (κ1) is 22.3. The summed E-state index contributed by atoms with van der Waals surface area (Å²) in [7, 11) is 0. The van der Waals surface area contributed by atoms with Crippen LogP contribution in [0.15, 0.2) is 88.6 Å². The lowest BCUT2D eigenvalue weighted by Crippen LogP contribution is -2.70. The number of nitrogens with one attached hydrogen (secondary N) is 1. The van der Waals surface area contributed by atoms with Crippen molar-refractivity contribution in [3.63, 3.8) is 0 Å². The molecule has 3 aromatic rings. The zero-order valence-corrected chi connectivity index (χ0v) is 19.5. The third kappa shape index (κ3) is 4.22. The van der Waals surface area contributed by atoms with Crippen LogP contribution in [0.4, 0.5) is 0 Å². The SMILES string of the molecule is O=C(Cc1ccccc1)N[C@@H]1C(=O)N2C(C(=O)O)=C(Sc3ccnn3-c3ccccc3)CS[C@H]12. The molecule has 0 bridgehead atoms. The number of amides is 2. The Morgan fingerprint density at radius 3 is 2.50 bits per heavy atom. The van der Waals surface area contributed by atoms with Gasteiger partial charge in [-0.15, -0.1) is 11.8 Å². The number of fused-ring (bicyclic) bond motifs is 1. The number of carboxylic acids is 1. The number of hydrogen-bond acceptors (Lipinski definition) is 6. The fourth-order valence-electron chi connectivity index (χ4n) is 3.93. The fraction of sp³-hybridized carbons (Fsp3) is 0.167. The van der Waals surface area contributed by atoms with Crippen molar-refractivity contribution in [1.29, 1.82) is 0 Å². The van der Waals surface area contributed by atoms with Crippen LogP contribution in [-0.4, -0.2) is 54.7 Å². The summed E-state index contributed by atoms with van der Waals surface area (Å²) in [6.45, 7) is 0. The van der Waals surface area contributed by atoms with Gasteiger partial charge in [0.05, 0.1) is 18.3 Å². The molecule has 2 aliphatic heterocycles. The number of aromatic nitrogens is 2. The molecule has 2 N–H and O–H groups in total. The van der Waals surface area contributed by atoms with Gasteiger partial charge in [-0.05, 0) is 23.8 Å². The summed E-state index contributed by atoms with van der Waals surface area (Å²) >= 11 is 2.73. The Morgan fingerprint density at radius 1 is 1.09 bits per heavy atom. The first-order valence-electron chi connectivity index (χ1n) is 10.5. The van der Waals surface area contributed by atoms with Crippen LogP contribution >= 0.6 is 23.5 Å². The van der Waals surface area contributed by atoms with Gasteiger partial charge in [0.25, 0.3) is 5.91 Å². The summed E-state index contributed by atoms with van der Waals surface area (Å²) in [6, 6.07) is 19.9. The number of thioether (sulfide) groups is 2. The van der Waals surface area contributed by atoms with Crippen LogP contribution in [0.2, 0.25) is 0 Å². The number of rotatable bonds is 7. The number of hydrogen-bond donors (Lipinski definition) is 2. The van der Waals surface area contributed by atoms with E-state index < -0.39 is 23.3 Å². The Hall–Kier alpha value is -3.50. The minimum atomic E-state index is -1.17. The zero-order valence-electron chi connectivity index (χ0n) is 17.8. The van der Waals surface area contributed by atoms with Crippen LogP contribution in [0.5, 0.6) is 0 Å². The maximum absolute atomic E-state index is 12.9. The van der Waals surface area contributed by atoms with Gasteiger partial charge < -0.3 is 10.4 Å². The molecular formula is C24H20N4O4S2. The van der Waals surface area contributed by atoms with Gasteiger partial charge in [0.1, 0.15) is 22.1 Å². The minimum absolute atomic E-state index is 0.0341. The molecule has 8 nitrogen and oxygen atoms in total. The van der Waals surface area contributed by atoms with Gasteiger partial charge in [0.2, 0.25) is 5.91 Å². The highest BCUT2D eigenvalue weighted by Crippen LogP contribution is 2.45. The third-order valence-corrected chi connectivity index (χ3v) is 8.06. The Kier molecular flexibility index (Phi) is 6.16. The zero-order chi connectivity index (χ0) is 23.7. The molecule has 0 radical (unpaired) electrons. The molecule has 1 saturated heterocycles. The van der Waals surface area contributed by atoms with Gasteiger partial charge in [-0.1, -0.05) is 60.3 Å². The second kappa shape index (κ2) is 9.40. The summed E-state index contributed by atoms with van der Waals surface area (Å²) in [5.74, 6) is -1.43. The number of benzene rings is 2. The van der Waals surface area contributed by atoms with Crippen molar-refractivity contribution in [3.05, 3.63) is 89.1 Å². The van der Waals surface area contributed by atoms with Gasteiger partial charge in [-0.3, -0.25) is 14.5 Å². The summed E-state index contributed by atoms with van der Waals surface area (Å²) in [5, 5.41) is 17.4. The number of carbonyl (C=O) groups excluding carboxylic acids is 2. The molecule has 0 aliphatic carbocycles. The number of nitrogens with zero attached hydrogens (tertiary/aromatic N) is 3. The molecule has 34 heavy (non-hydrogen) atoms. The van der Waals surface area contributed by atoms with E-state index in [1.165, 1.54) is 28.4 Å². The highest BCUT2D eigenvalue weighted by molar-refractivity contribution is 8.06. The Morgan fingerprint density at radius 2 is 1.79 bits per heavy atom. The molecule has 5 rings (SSSR count). The number of β-lactam (4-membered cyclic amide) rings is 1. The van der Waals surface area contributed by atoms with Crippen molar-refractivity contribution < 1.29 is 19.5 Å². The molecule has 0 spiro atoms. The molecule has 172 valence electrons. The van der Waals surface area contributed by atoms with E-state index in [1.54, 1.807) is 10.9 Å². The van der Waals surface area contributed by atoms with Crippen LogP contribution in [0.25, 0.3) is 5.69 Å². The first-order chi connectivity index (χ1) is 16.5. The lowest BCUT2D eigenvalue weighted by molar-refractivity contribution is -0.150. The number of aliphatic carboxylic acids is 1. The minimum Gasteiger partial charge on any atom is -0.477 e. The number of carboxylic acid groups (broad SMARTS) is 1. The average molecular weight is 493 g/mol. The highest BCUT2D eigenvalue weighted by atomic mass is 32.2. The van der Waals surface area contributed by atoms with Crippen molar-refractivity contribution in [2.24, 2.45) is 0 Å². The normalized spacial score (nSPS) is 19.4. The van der Waals surface area contributed by atoms with Gasteiger partial charge in [-0.2, -0.15) is 5.10 Å². The van der Waals surface area contributed by atoms with Gasteiger partial charge in [-0.25, -0.2) is 9.48 Å². The Labute approximate surface area is 204 Å². The molecule has 0 saturated carbocycles. The third-order valence-electron chi connectivity index (χ3n) is 5.50. The Bertz CT molecular complexity index is 1280. The average Bonchev–Trinajstić information content (AvgIpc) is 3.31. The van der Waals surface area contributed by atoms with E-state index in [2.05, 4.69) is 10.4 Å². The molecule has 2 aliphatic rings. The first-order valence-corrected chi connectivity index (χ1v) is 12.4. The van der Waals surface area contributed by atoms with Crippen LogP contribution in [0.1, 0.15) is 5.56 Å². The van der Waals surface area contributed by atoms with Crippen molar-refractivity contribution in [2.45, 2.75) is 22.9 Å². The molecule has 3 heterocycles. The van der Waals surface area contributed by atoms with Gasteiger partial charge in [0, 0.05) is 10.7 Å². The van der Waals surface area contributed by atoms with Crippen LogP contribution in [-0.2, 0) is 20.8 Å². The van der Waals surface area contributed by atoms with Crippen LogP contribution in [0.3, 0.4) is 0 Å². The second-order valence-electron chi connectivity index (χ2n) is 7.71. The van der Waals surface area contributed by atoms with Crippen molar-refractivity contribution in [2.75, 3.05) is 5.75 Å². The largest absolute Gasteiger partial charge is 0.477 e. The summed E-state index contributed by atoms with van der Waals surface area (Å²) in [6.07, 6.45) is 1.82. The highest BCUT2D eigenvalue weighted by Gasteiger charge is 2.54. The number of para-hydroxylation sites is 1. The van der Waals surface area contributed by atoms with E-state index in [4.69, 9.17) is 0 Å². The standard InChI is InChI=1S/C24H20N4O4S2/c29-18(13-15-7-3-1-4-8-15)26-20-22(30)27-21(24(31)32)17(14-33-23(20)27)34-19-11-12-25-28(19)16-9-5-2-6-10-16/h1-12,20,23H,13-14H2,(H,26,29)(H,31,32)/t20-,23-/m1/s1. The molecule has 1 aromatic heterocycles. The van der Waals surface area contributed by atoms with Crippen LogP contribution in [0, 0.1) is 0 Å². The van der Waals surface area contributed by atoms with Gasteiger partial charge in [0.15, 0.2) is 0 Å². The molecule has 1 fully saturated rings. The molecule has 0 unspecified atom stereocenters. The molecule has 2 atom stereocenters. The van der Waals surface area contributed by atoms with E-state index in [0.29, 0.717) is 10.7 Å². The van der Waals surface area contributed by atoms with Crippen molar-refractivity contribution in [1.82, 2.24) is 20.0 Å². The fourth-order valence-corrected chi connectivity index (χ4v) is 6.47. The topological polar surface area (TPSA) is 105 Å². The van der Waals surface area contributed by atoms with E-state index >= 15 is 0 Å². The quantitative estimate of drug-likeness (QED) is 0.489. The van der Waals surface area contributed by atoms with E-state index in [-0.39, 0.29) is 18.0 Å². The van der Waals surface area contributed by atoms with Crippen LogP contribution < -0.4 is 5.32 Å². The lowest BCUT2D eigenvalue weighted by Gasteiger charge is -2.49. The van der Waals surface area contributed by atoms with E-state index in [9.17, 15) is 19.5 Å². The predicted molar refractivity (Wildman–Crippen MR) is 129 cm³/mol. The maximum Gasteiger partial charge on any atom is 0.353 e. The molecule has 2 amide bonds. The summed E-state index contributed by atoms with van der Waals surface area (Å²) in [5.41, 5.74) is 1.67. The van der Waals surface area contributed by atoms with E-state index in [1.807, 2.05) is 66.7 Å². The smallest absolute Gasteiger partial charge is 0.353 e. The number of carbonyl (C=O) groups is 3. The summed E-state index contributed by atoms with van der Waals surface area (Å²) < 4.78 is 1.73. The lowest BCUT2D eigenvalue weighted by atomic mass is 10.0. The van der Waals surface area contributed by atoms with Crippen molar-refractivity contribution >= 4 is 41.3 Å². The van der Waals surface area contributed by atoms with Gasteiger partial charge >= 0.3 is 5.97 Å². The maximum atomic E-state index is 12.9. The predicted octanol–water partition coefficient (Wildman–Crippen LogP) is 2.90. The molecular weight excluding hydrogens is 472 g/mol. The van der Waals surface area contributed by atoms with E-state index in [0.717, 1.165) is 16.3 Å². The monoisotopic (exact) mass is 492 g/mol. The molecule has 10 heteroatoms. The second-order valence-corrected chi connectivity index (χ2v) is 9.93. The Balaban J connectivity index is 1.34. The molecule has 2 aromatic carbocycles. The van der Waals surface area contributed by atoms with Crippen molar-refractivity contribution in [3.8, 4) is 5.69 Å². The summed E-state index contributed by atoms with van der Waals surface area (Å²) in [4.78, 5) is 39.4.